The maximum absolute atomic E-state index is 10.8. The Bertz CT molecular complexity index is 211. The van der Waals surface area contributed by atoms with Gasteiger partial charge >= 0.3 is 5.97 Å². The predicted molar refractivity (Wildman–Crippen MR) is 56.3 cm³/mol. The van der Waals surface area contributed by atoms with Crippen LogP contribution in [0.15, 0.2) is 0 Å². The van der Waals surface area contributed by atoms with Gasteiger partial charge in [0.25, 0.3) is 0 Å². The van der Waals surface area contributed by atoms with Crippen molar-refractivity contribution in [3.05, 3.63) is 0 Å². The fourth-order valence-corrected chi connectivity index (χ4v) is 2.06. The van der Waals surface area contributed by atoms with Crippen LogP contribution in [0.1, 0.15) is 39.0 Å². The van der Waals surface area contributed by atoms with Crippen LogP contribution in [0.25, 0.3) is 0 Å². The van der Waals surface area contributed by atoms with Crippen molar-refractivity contribution in [2.24, 2.45) is 5.92 Å². The molecule has 1 N–H and O–H groups in total. The number of carboxylic acids is 1. The van der Waals surface area contributed by atoms with E-state index in [0.717, 1.165) is 12.3 Å². The van der Waals surface area contributed by atoms with Crippen LogP contribution in [0.2, 0.25) is 0 Å². The van der Waals surface area contributed by atoms with Gasteiger partial charge in [-0.15, -0.1) is 0 Å². The number of hydrogen-bond acceptors (Lipinski definition) is 2. The van der Waals surface area contributed by atoms with Gasteiger partial charge in [-0.1, -0.05) is 19.3 Å². The van der Waals surface area contributed by atoms with Crippen LogP contribution in [0.3, 0.4) is 0 Å². The first-order valence-electron chi connectivity index (χ1n) is 5.33. The lowest BCUT2D eigenvalue weighted by Crippen LogP contribution is -2.45. The molecule has 0 bridgehead atoms. The van der Waals surface area contributed by atoms with Gasteiger partial charge in [0, 0.05) is 5.54 Å². The Hall–Kier alpha value is -0.570. The van der Waals surface area contributed by atoms with E-state index in [1.807, 2.05) is 14.1 Å². The Kier molecular flexibility index (Phi) is 3.53. The minimum atomic E-state index is -0.694. The molecule has 0 radical (unpaired) electrons. The topological polar surface area (TPSA) is 40.5 Å². The molecule has 1 aliphatic rings. The van der Waals surface area contributed by atoms with Crippen LogP contribution in [-0.4, -0.2) is 35.6 Å². The Morgan fingerprint density at radius 3 is 2.36 bits per heavy atom. The average Bonchev–Trinajstić information content (AvgIpc) is 1.95. The molecule has 0 aromatic heterocycles. The quantitative estimate of drug-likeness (QED) is 0.736. The van der Waals surface area contributed by atoms with Crippen LogP contribution in [0.4, 0.5) is 0 Å². The second kappa shape index (κ2) is 4.30. The van der Waals surface area contributed by atoms with Crippen molar-refractivity contribution in [3.63, 3.8) is 0 Å². The molecule has 3 heteroatoms. The van der Waals surface area contributed by atoms with Gasteiger partial charge in [0.1, 0.15) is 0 Å². The van der Waals surface area contributed by atoms with Gasteiger partial charge in [-0.05, 0) is 33.4 Å². The summed E-state index contributed by atoms with van der Waals surface area (Å²) in [4.78, 5) is 12.8. The number of hydrogen-bond donors (Lipinski definition) is 1. The molecule has 0 aromatic carbocycles. The molecule has 0 aliphatic heterocycles. The van der Waals surface area contributed by atoms with Crippen LogP contribution in [0, 0.1) is 5.92 Å². The minimum absolute atomic E-state index is 0.170. The number of rotatable bonds is 5. The number of carboxylic acid groups (broad SMARTS) is 1. The summed E-state index contributed by atoms with van der Waals surface area (Å²) in [5, 5.41) is 8.87. The number of nitrogens with zero attached hydrogens (tertiary/aromatic N) is 1. The summed E-state index contributed by atoms with van der Waals surface area (Å²) >= 11 is 0. The van der Waals surface area contributed by atoms with E-state index in [1.54, 1.807) is 0 Å². The third-order valence-corrected chi connectivity index (χ3v) is 3.56. The van der Waals surface area contributed by atoms with Crippen molar-refractivity contribution < 1.29 is 9.90 Å². The Labute approximate surface area is 86.1 Å². The molecule has 1 aliphatic carbocycles. The van der Waals surface area contributed by atoms with Gasteiger partial charge < -0.3 is 10.0 Å². The van der Waals surface area contributed by atoms with E-state index >= 15 is 0 Å². The van der Waals surface area contributed by atoms with Crippen molar-refractivity contribution in [2.75, 3.05) is 14.1 Å². The van der Waals surface area contributed by atoms with Gasteiger partial charge in [0.15, 0.2) is 0 Å². The summed E-state index contributed by atoms with van der Waals surface area (Å²) in [6.45, 7) is 2.06. The molecule has 1 fully saturated rings. The van der Waals surface area contributed by atoms with Gasteiger partial charge in [0.2, 0.25) is 0 Å². The molecular formula is C11H21NO2. The highest BCUT2D eigenvalue weighted by Crippen LogP contribution is 2.36. The molecule has 0 heterocycles. The fourth-order valence-electron chi connectivity index (χ4n) is 2.06. The first-order chi connectivity index (χ1) is 6.44. The zero-order valence-electron chi connectivity index (χ0n) is 9.42. The van der Waals surface area contributed by atoms with E-state index < -0.39 is 5.97 Å². The van der Waals surface area contributed by atoms with E-state index in [2.05, 4.69) is 11.8 Å². The first-order valence-corrected chi connectivity index (χ1v) is 5.33. The molecule has 0 saturated heterocycles. The van der Waals surface area contributed by atoms with Gasteiger partial charge in [-0.3, -0.25) is 4.79 Å². The summed E-state index contributed by atoms with van der Waals surface area (Å²) in [6, 6.07) is 0. The Balaban J connectivity index is 2.54. The smallest absolute Gasteiger partial charge is 0.305 e. The minimum Gasteiger partial charge on any atom is -0.481 e. The predicted octanol–water partition coefficient (Wildman–Crippen LogP) is 1.97. The van der Waals surface area contributed by atoms with Crippen molar-refractivity contribution in [1.29, 1.82) is 0 Å². The molecule has 0 spiro atoms. The van der Waals surface area contributed by atoms with Gasteiger partial charge in [-0.25, -0.2) is 0 Å². The van der Waals surface area contributed by atoms with Crippen molar-refractivity contribution in [3.8, 4) is 0 Å². The monoisotopic (exact) mass is 199 g/mol. The maximum Gasteiger partial charge on any atom is 0.305 e. The summed E-state index contributed by atoms with van der Waals surface area (Å²) in [5.74, 6) is 0.0577. The lowest BCUT2D eigenvalue weighted by molar-refractivity contribution is -0.140. The summed E-state index contributed by atoms with van der Waals surface area (Å²) < 4.78 is 0. The van der Waals surface area contributed by atoms with Crippen LogP contribution in [-0.2, 0) is 4.79 Å². The maximum atomic E-state index is 10.8. The standard InChI is InChI=1S/C11H21NO2/c1-11(12(2)3,8-10(13)14)7-9-5-4-6-9/h9H,4-8H2,1-3H3,(H,13,14). The highest BCUT2D eigenvalue weighted by molar-refractivity contribution is 5.68. The molecule has 1 unspecified atom stereocenters. The molecule has 82 valence electrons. The van der Waals surface area contributed by atoms with E-state index in [4.69, 9.17) is 5.11 Å². The van der Waals surface area contributed by atoms with E-state index in [0.29, 0.717) is 0 Å². The normalized spacial score (nSPS) is 21.7. The van der Waals surface area contributed by atoms with Crippen molar-refractivity contribution in [2.45, 2.75) is 44.6 Å². The highest BCUT2D eigenvalue weighted by Gasteiger charge is 2.34. The molecule has 1 saturated carbocycles. The SMILES string of the molecule is CN(C)C(C)(CC(=O)O)CC1CCC1. The van der Waals surface area contributed by atoms with Crippen LogP contribution in [0.5, 0.6) is 0 Å². The van der Waals surface area contributed by atoms with Gasteiger partial charge in [0.05, 0.1) is 6.42 Å². The largest absolute Gasteiger partial charge is 0.481 e. The fraction of sp³-hybridized carbons (Fsp3) is 0.909. The second-order valence-electron chi connectivity index (χ2n) is 4.96. The zero-order chi connectivity index (χ0) is 10.8. The molecular weight excluding hydrogens is 178 g/mol. The first kappa shape index (κ1) is 11.5. The molecule has 14 heavy (non-hydrogen) atoms. The van der Waals surface area contributed by atoms with Crippen molar-refractivity contribution in [1.82, 2.24) is 4.90 Å². The molecule has 1 atom stereocenters. The van der Waals surface area contributed by atoms with E-state index in [1.165, 1.54) is 19.3 Å². The Morgan fingerprint density at radius 2 is 2.07 bits per heavy atom. The molecule has 3 nitrogen and oxygen atoms in total. The lowest BCUT2D eigenvalue weighted by atomic mass is 9.75. The van der Waals surface area contributed by atoms with Crippen LogP contribution < -0.4 is 0 Å². The average molecular weight is 199 g/mol. The summed E-state index contributed by atoms with van der Waals surface area (Å²) in [6.07, 6.45) is 5.15. The third kappa shape index (κ3) is 2.71. The summed E-state index contributed by atoms with van der Waals surface area (Å²) in [5.41, 5.74) is -0.170. The highest BCUT2D eigenvalue weighted by atomic mass is 16.4. The zero-order valence-corrected chi connectivity index (χ0v) is 9.42. The van der Waals surface area contributed by atoms with Gasteiger partial charge in [-0.2, -0.15) is 0 Å². The second-order valence-corrected chi connectivity index (χ2v) is 4.96. The van der Waals surface area contributed by atoms with Crippen molar-refractivity contribution >= 4 is 5.97 Å². The number of carbonyl (C=O) groups is 1. The molecule has 0 amide bonds. The third-order valence-electron chi connectivity index (χ3n) is 3.56. The molecule has 1 rings (SSSR count). The van der Waals surface area contributed by atoms with E-state index in [-0.39, 0.29) is 12.0 Å². The molecule has 0 aromatic rings. The Morgan fingerprint density at radius 1 is 1.50 bits per heavy atom. The van der Waals surface area contributed by atoms with Crippen LogP contribution >= 0.6 is 0 Å². The number of aliphatic carboxylic acids is 1. The summed E-state index contributed by atoms with van der Waals surface area (Å²) in [7, 11) is 3.95. The van der Waals surface area contributed by atoms with E-state index in [9.17, 15) is 4.79 Å². The lowest BCUT2D eigenvalue weighted by Gasteiger charge is -2.40.